The van der Waals surface area contributed by atoms with E-state index in [9.17, 15) is 4.79 Å². The SMILES string of the molecule is COc1cccc(OC)c1C(=O)n1nc(C)c2c1C[C@H]1[C@H]2C1(C)C. The molecule has 24 heavy (non-hydrogen) atoms. The smallest absolute Gasteiger partial charge is 0.285 e. The van der Waals surface area contributed by atoms with Gasteiger partial charge in [-0.05, 0) is 42.7 Å². The first-order chi connectivity index (χ1) is 11.4. The molecule has 0 bridgehead atoms. The van der Waals surface area contributed by atoms with Crippen LogP contribution in [0.3, 0.4) is 0 Å². The van der Waals surface area contributed by atoms with Gasteiger partial charge in [0.05, 0.1) is 25.6 Å². The number of rotatable bonds is 3. The average molecular weight is 326 g/mol. The molecule has 5 heteroatoms. The van der Waals surface area contributed by atoms with Gasteiger partial charge in [0.15, 0.2) is 0 Å². The van der Waals surface area contributed by atoms with Crippen LogP contribution in [0.15, 0.2) is 18.2 Å². The van der Waals surface area contributed by atoms with Crippen molar-refractivity contribution < 1.29 is 14.3 Å². The van der Waals surface area contributed by atoms with Gasteiger partial charge in [0, 0.05) is 5.56 Å². The zero-order chi connectivity index (χ0) is 17.2. The largest absolute Gasteiger partial charge is 0.496 e. The molecule has 0 radical (unpaired) electrons. The molecule has 1 aromatic heterocycles. The minimum absolute atomic E-state index is 0.187. The molecule has 0 aliphatic heterocycles. The summed E-state index contributed by atoms with van der Waals surface area (Å²) < 4.78 is 12.3. The van der Waals surface area contributed by atoms with Crippen LogP contribution in [0.1, 0.15) is 47.1 Å². The molecule has 1 saturated carbocycles. The molecular weight excluding hydrogens is 304 g/mol. The summed E-state index contributed by atoms with van der Waals surface area (Å²) in [4.78, 5) is 13.2. The lowest BCUT2D eigenvalue weighted by Gasteiger charge is -2.14. The highest BCUT2D eigenvalue weighted by Crippen LogP contribution is 2.70. The highest BCUT2D eigenvalue weighted by molar-refractivity contribution is 6.01. The van der Waals surface area contributed by atoms with E-state index in [1.807, 2.05) is 13.0 Å². The number of carbonyl (C=O) groups is 1. The molecule has 2 aliphatic rings. The van der Waals surface area contributed by atoms with Crippen molar-refractivity contribution in [3.63, 3.8) is 0 Å². The Kier molecular flexibility index (Phi) is 3.08. The van der Waals surface area contributed by atoms with Crippen LogP contribution in [0.25, 0.3) is 0 Å². The second-order valence-electron chi connectivity index (χ2n) is 7.31. The highest BCUT2D eigenvalue weighted by atomic mass is 16.5. The van der Waals surface area contributed by atoms with Crippen molar-refractivity contribution in [3.8, 4) is 11.5 Å². The molecule has 4 rings (SSSR count). The van der Waals surface area contributed by atoms with Crippen LogP contribution in [-0.4, -0.2) is 29.9 Å². The number of fused-ring (bicyclic) bond motifs is 3. The average Bonchev–Trinajstić information content (AvgIpc) is 2.92. The minimum Gasteiger partial charge on any atom is -0.496 e. The van der Waals surface area contributed by atoms with Crippen molar-refractivity contribution in [2.24, 2.45) is 11.3 Å². The Morgan fingerprint density at radius 2 is 1.88 bits per heavy atom. The fraction of sp³-hybridized carbons (Fsp3) is 0.474. The van der Waals surface area contributed by atoms with Crippen molar-refractivity contribution >= 4 is 5.91 Å². The molecule has 0 N–H and O–H groups in total. The van der Waals surface area contributed by atoms with Crippen molar-refractivity contribution in [1.82, 2.24) is 9.78 Å². The van der Waals surface area contributed by atoms with Gasteiger partial charge in [0.2, 0.25) is 0 Å². The summed E-state index contributed by atoms with van der Waals surface area (Å²) in [6.07, 6.45) is 0.914. The molecule has 1 aromatic carbocycles. The number of nitrogens with zero attached hydrogens (tertiary/aromatic N) is 2. The van der Waals surface area contributed by atoms with Crippen LogP contribution >= 0.6 is 0 Å². The van der Waals surface area contributed by atoms with E-state index in [-0.39, 0.29) is 5.91 Å². The summed E-state index contributed by atoms with van der Waals surface area (Å²) in [5.74, 6) is 1.98. The molecule has 0 saturated heterocycles. The Hall–Kier alpha value is -2.30. The van der Waals surface area contributed by atoms with E-state index < -0.39 is 0 Å². The summed E-state index contributed by atoms with van der Waals surface area (Å²) in [5, 5.41) is 4.56. The summed E-state index contributed by atoms with van der Waals surface area (Å²) in [6, 6.07) is 5.35. The van der Waals surface area contributed by atoms with E-state index in [2.05, 4.69) is 18.9 Å². The van der Waals surface area contributed by atoms with Gasteiger partial charge in [0.25, 0.3) is 5.91 Å². The normalized spacial score (nSPS) is 22.7. The van der Waals surface area contributed by atoms with Gasteiger partial charge in [-0.25, -0.2) is 0 Å². The quantitative estimate of drug-likeness (QED) is 0.869. The molecule has 0 amide bonds. The van der Waals surface area contributed by atoms with E-state index >= 15 is 0 Å². The van der Waals surface area contributed by atoms with Crippen molar-refractivity contribution in [1.29, 1.82) is 0 Å². The predicted octanol–water partition coefficient (Wildman–Crippen LogP) is 3.19. The zero-order valence-corrected chi connectivity index (χ0v) is 14.7. The lowest BCUT2D eigenvalue weighted by Crippen LogP contribution is -2.19. The lowest BCUT2D eigenvalue weighted by molar-refractivity contribution is 0.0934. The fourth-order valence-corrected chi connectivity index (χ4v) is 4.43. The Morgan fingerprint density at radius 1 is 1.25 bits per heavy atom. The van der Waals surface area contributed by atoms with Crippen LogP contribution in [0, 0.1) is 18.3 Å². The predicted molar refractivity (Wildman–Crippen MR) is 90.0 cm³/mol. The first-order valence-corrected chi connectivity index (χ1v) is 8.25. The molecule has 2 aliphatic carbocycles. The van der Waals surface area contributed by atoms with Gasteiger partial charge in [-0.3, -0.25) is 4.79 Å². The van der Waals surface area contributed by atoms with Gasteiger partial charge in [-0.1, -0.05) is 19.9 Å². The van der Waals surface area contributed by atoms with Crippen LogP contribution in [0.5, 0.6) is 11.5 Å². The Balaban J connectivity index is 1.82. The third-order valence-corrected chi connectivity index (χ3v) is 5.82. The second kappa shape index (κ2) is 4.85. The third-order valence-electron chi connectivity index (χ3n) is 5.82. The molecule has 1 heterocycles. The third kappa shape index (κ3) is 1.81. The van der Waals surface area contributed by atoms with E-state index in [4.69, 9.17) is 9.47 Å². The summed E-state index contributed by atoms with van der Waals surface area (Å²) in [6.45, 7) is 6.60. The number of aryl methyl sites for hydroxylation is 1. The Labute approximate surface area is 141 Å². The molecule has 0 spiro atoms. The van der Waals surface area contributed by atoms with E-state index in [0.29, 0.717) is 34.3 Å². The van der Waals surface area contributed by atoms with E-state index in [1.165, 1.54) is 5.56 Å². The maximum atomic E-state index is 13.2. The number of hydrogen-bond donors (Lipinski definition) is 0. The van der Waals surface area contributed by atoms with E-state index in [1.54, 1.807) is 31.0 Å². The monoisotopic (exact) mass is 326 g/mol. The zero-order valence-electron chi connectivity index (χ0n) is 14.7. The van der Waals surface area contributed by atoms with Gasteiger partial charge in [-0.15, -0.1) is 0 Å². The summed E-state index contributed by atoms with van der Waals surface area (Å²) >= 11 is 0. The number of hydrogen-bond acceptors (Lipinski definition) is 4. The molecule has 2 atom stereocenters. The maximum Gasteiger partial charge on any atom is 0.285 e. The van der Waals surface area contributed by atoms with Crippen molar-refractivity contribution in [3.05, 3.63) is 40.7 Å². The second-order valence-corrected chi connectivity index (χ2v) is 7.31. The van der Waals surface area contributed by atoms with Crippen molar-refractivity contribution in [2.75, 3.05) is 14.2 Å². The first kappa shape index (κ1) is 15.2. The fourth-order valence-electron chi connectivity index (χ4n) is 4.43. The lowest BCUT2D eigenvalue weighted by atomic mass is 9.98. The van der Waals surface area contributed by atoms with Gasteiger partial charge < -0.3 is 9.47 Å². The Morgan fingerprint density at radius 3 is 2.46 bits per heavy atom. The summed E-state index contributed by atoms with van der Waals surface area (Å²) in [5.41, 5.74) is 4.04. The van der Waals surface area contributed by atoms with Crippen LogP contribution in [0.2, 0.25) is 0 Å². The number of methoxy groups -OCH3 is 2. The topological polar surface area (TPSA) is 53.4 Å². The molecule has 1 fully saturated rings. The van der Waals surface area contributed by atoms with Gasteiger partial charge in [-0.2, -0.15) is 9.78 Å². The minimum atomic E-state index is -0.187. The number of carbonyl (C=O) groups excluding carboxylic acids is 1. The van der Waals surface area contributed by atoms with Crippen LogP contribution in [-0.2, 0) is 6.42 Å². The molecule has 0 unspecified atom stereocenters. The van der Waals surface area contributed by atoms with Gasteiger partial charge in [0.1, 0.15) is 17.1 Å². The van der Waals surface area contributed by atoms with Crippen LogP contribution < -0.4 is 9.47 Å². The number of benzene rings is 1. The Bertz CT molecular complexity index is 828. The van der Waals surface area contributed by atoms with Gasteiger partial charge >= 0.3 is 0 Å². The maximum absolute atomic E-state index is 13.2. The van der Waals surface area contributed by atoms with E-state index in [0.717, 1.165) is 17.8 Å². The summed E-state index contributed by atoms with van der Waals surface area (Å²) in [7, 11) is 3.12. The van der Waals surface area contributed by atoms with Crippen LogP contribution in [0.4, 0.5) is 0 Å². The molecule has 5 nitrogen and oxygen atoms in total. The van der Waals surface area contributed by atoms with Crippen molar-refractivity contribution in [2.45, 2.75) is 33.1 Å². The first-order valence-electron chi connectivity index (χ1n) is 8.25. The standard InChI is InChI=1S/C19H22N2O3/c1-10-15-12(9-11-17(15)19(11,2)3)21(20-10)18(22)16-13(23-4)7-6-8-14(16)24-5/h6-8,11,17H,9H2,1-5H3/t11-,17+/m0/s1. The molecular formula is C19H22N2O3. The highest BCUT2D eigenvalue weighted by Gasteiger charge is 2.64. The molecule has 126 valence electrons. The molecule has 2 aromatic rings. The number of aromatic nitrogens is 2. The number of ether oxygens (including phenoxy) is 2.